The summed E-state index contributed by atoms with van der Waals surface area (Å²) < 4.78 is 0. The number of hydrogen-bond donors (Lipinski definition) is 2. The first kappa shape index (κ1) is 25.8. The van der Waals surface area contributed by atoms with Crippen LogP contribution in [0.25, 0.3) is 54.6 Å². The Morgan fingerprint density at radius 3 is 1.32 bits per heavy atom. The summed E-state index contributed by atoms with van der Waals surface area (Å²) in [7, 11) is 0. The normalized spacial score (nSPS) is 11.2. The Balaban J connectivity index is 1.22. The molecule has 0 spiro atoms. The van der Waals surface area contributed by atoms with Gasteiger partial charge < -0.3 is 10.6 Å². The van der Waals surface area contributed by atoms with Crippen LogP contribution in [0.2, 0.25) is 0 Å². The summed E-state index contributed by atoms with van der Waals surface area (Å²) in [6, 6.07) is 60.5. The summed E-state index contributed by atoms with van der Waals surface area (Å²) in [4.78, 5) is 0. The lowest BCUT2D eigenvalue weighted by Crippen LogP contribution is -1.97. The van der Waals surface area contributed by atoms with Crippen LogP contribution in [0.1, 0.15) is 0 Å². The molecule has 0 unspecified atom stereocenters. The molecule has 0 atom stereocenters. The molecule has 44 heavy (non-hydrogen) atoms. The minimum atomic E-state index is 1.03. The summed E-state index contributed by atoms with van der Waals surface area (Å²) in [6.07, 6.45) is 0. The molecule has 8 aromatic rings. The molecule has 0 fully saturated rings. The van der Waals surface area contributed by atoms with Crippen molar-refractivity contribution < 1.29 is 0 Å². The fourth-order valence-electron chi connectivity index (χ4n) is 6.35. The van der Waals surface area contributed by atoms with Crippen molar-refractivity contribution in [3.8, 4) is 22.3 Å². The molecule has 0 heterocycles. The fraction of sp³-hybridized carbons (Fsp3) is 0. The van der Waals surface area contributed by atoms with E-state index in [2.05, 4.69) is 162 Å². The number of nitrogens with one attached hydrogen (secondary N) is 2. The number of fused-ring (bicyclic) bond motifs is 3. The maximum absolute atomic E-state index is 3.63. The SMILES string of the molecule is c1ccc(Nc2ccccc2Nc2ccc(-c3c4ccccc4c(-c4ccc5ccccc5c4)c4ccccc34)cc2)cc1. The molecule has 8 rings (SSSR count). The van der Waals surface area contributed by atoms with Gasteiger partial charge in [0.25, 0.3) is 0 Å². The van der Waals surface area contributed by atoms with Crippen molar-refractivity contribution in [3.63, 3.8) is 0 Å². The van der Waals surface area contributed by atoms with Crippen LogP contribution in [0.15, 0.2) is 170 Å². The van der Waals surface area contributed by atoms with Gasteiger partial charge in [0.05, 0.1) is 11.4 Å². The zero-order valence-corrected chi connectivity index (χ0v) is 24.2. The molecule has 0 saturated heterocycles. The molecule has 0 aliphatic carbocycles. The van der Waals surface area contributed by atoms with Crippen LogP contribution in [0.4, 0.5) is 22.7 Å². The molecule has 0 saturated carbocycles. The summed E-state index contributed by atoms with van der Waals surface area (Å²) in [5.74, 6) is 0. The van der Waals surface area contributed by atoms with Gasteiger partial charge in [-0.2, -0.15) is 0 Å². The lowest BCUT2D eigenvalue weighted by atomic mass is 9.85. The number of hydrogen-bond acceptors (Lipinski definition) is 2. The van der Waals surface area contributed by atoms with Gasteiger partial charge in [0, 0.05) is 11.4 Å². The number of rotatable bonds is 6. The van der Waals surface area contributed by atoms with E-state index >= 15 is 0 Å². The Kier molecular flexibility index (Phi) is 6.51. The maximum Gasteiger partial charge on any atom is 0.0623 e. The Bertz CT molecular complexity index is 2210. The largest absolute Gasteiger partial charge is 0.354 e. The number of para-hydroxylation sites is 3. The van der Waals surface area contributed by atoms with Gasteiger partial charge in [0.1, 0.15) is 0 Å². The van der Waals surface area contributed by atoms with Crippen LogP contribution in [-0.2, 0) is 0 Å². The van der Waals surface area contributed by atoms with Gasteiger partial charge in [-0.3, -0.25) is 0 Å². The lowest BCUT2D eigenvalue weighted by Gasteiger charge is -2.18. The average Bonchev–Trinajstić information content (AvgIpc) is 3.09. The standard InChI is InChI=1S/C42H30N2/c1-2-14-33(15-3-1)43-39-20-10-11-21-40(39)44-34-26-24-30(25-27-34)41-35-16-6-8-18-37(35)42(38-19-9-7-17-36(38)41)32-23-22-29-12-4-5-13-31(29)28-32/h1-28,43-44H. The van der Waals surface area contributed by atoms with E-state index in [1.54, 1.807) is 0 Å². The van der Waals surface area contributed by atoms with Crippen molar-refractivity contribution in [1.29, 1.82) is 0 Å². The third-order valence-electron chi connectivity index (χ3n) is 8.40. The van der Waals surface area contributed by atoms with E-state index in [0.717, 1.165) is 22.7 Å². The van der Waals surface area contributed by atoms with Gasteiger partial charge in [0.15, 0.2) is 0 Å². The fourth-order valence-corrected chi connectivity index (χ4v) is 6.35. The lowest BCUT2D eigenvalue weighted by molar-refractivity contribution is 1.50. The first-order chi connectivity index (χ1) is 21.8. The summed E-state index contributed by atoms with van der Waals surface area (Å²) >= 11 is 0. The van der Waals surface area contributed by atoms with Crippen LogP contribution >= 0.6 is 0 Å². The van der Waals surface area contributed by atoms with Gasteiger partial charge in [-0.1, -0.05) is 127 Å². The number of benzene rings is 8. The Hall–Kier alpha value is -5.86. The van der Waals surface area contributed by atoms with Crippen LogP contribution in [0.3, 0.4) is 0 Å². The predicted octanol–water partition coefficient (Wildman–Crippen LogP) is 12.0. The van der Waals surface area contributed by atoms with Gasteiger partial charge in [-0.25, -0.2) is 0 Å². The highest BCUT2D eigenvalue weighted by Gasteiger charge is 2.16. The third kappa shape index (κ3) is 4.73. The van der Waals surface area contributed by atoms with Gasteiger partial charge in [-0.05, 0) is 97.0 Å². The maximum atomic E-state index is 3.63. The van der Waals surface area contributed by atoms with Crippen molar-refractivity contribution >= 4 is 55.1 Å². The highest BCUT2D eigenvalue weighted by Crippen LogP contribution is 2.44. The quantitative estimate of drug-likeness (QED) is 0.197. The minimum absolute atomic E-state index is 1.03. The zero-order valence-electron chi connectivity index (χ0n) is 24.2. The molecule has 0 bridgehead atoms. The second kappa shape index (κ2) is 11.1. The molecule has 208 valence electrons. The highest BCUT2D eigenvalue weighted by molar-refractivity contribution is 6.21. The van der Waals surface area contributed by atoms with Crippen LogP contribution in [-0.4, -0.2) is 0 Å². The molecule has 2 nitrogen and oxygen atoms in total. The predicted molar refractivity (Wildman–Crippen MR) is 189 cm³/mol. The first-order valence-corrected chi connectivity index (χ1v) is 15.0. The third-order valence-corrected chi connectivity index (χ3v) is 8.40. The molecule has 8 aromatic carbocycles. The van der Waals surface area contributed by atoms with Crippen molar-refractivity contribution in [1.82, 2.24) is 0 Å². The summed E-state index contributed by atoms with van der Waals surface area (Å²) in [5.41, 5.74) is 9.14. The highest BCUT2D eigenvalue weighted by atomic mass is 15.0. The van der Waals surface area contributed by atoms with E-state index in [4.69, 9.17) is 0 Å². The molecule has 0 radical (unpaired) electrons. The van der Waals surface area contributed by atoms with E-state index in [-0.39, 0.29) is 0 Å². The second-order valence-corrected chi connectivity index (χ2v) is 11.1. The minimum Gasteiger partial charge on any atom is -0.354 e. The van der Waals surface area contributed by atoms with Crippen LogP contribution < -0.4 is 10.6 Å². The van der Waals surface area contributed by atoms with Crippen molar-refractivity contribution in [3.05, 3.63) is 170 Å². The Labute approximate surface area is 257 Å². The molecule has 0 aliphatic heterocycles. The van der Waals surface area contributed by atoms with E-state index < -0.39 is 0 Å². The molecular weight excluding hydrogens is 532 g/mol. The zero-order chi connectivity index (χ0) is 29.3. The molecular formula is C42H30N2. The Morgan fingerprint density at radius 2 is 0.727 bits per heavy atom. The van der Waals surface area contributed by atoms with Crippen molar-refractivity contribution in [2.75, 3.05) is 10.6 Å². The molecule has 0 aromatic heterocycles. The monoisotopic (exact) mass is 562 g/mol. The molecule has 2 N–H and O–H groups in total. The average molecular weight is 563 g/mol. The topological polar surface area (TPSA) is 24.1 Å². The first-order valence-electron chi connectivity index (χ1n) is 15.0. The summed E-state index contributed by atoms with van der Waals surface area (Å²) in [6.45, 7) is 0. The van der Waals surface area contributed by atoms with Gasteiger partial charge >= 0.3 is 0 Å². The van der Waals surface area contributed by atoms with Gasteiger partial charge in [0.2, 0.25) is 0 Å². The molecule has 0 amide bonds. The number of anilines is 4. The van der Waals surface area contributed by atoms with Crippen molar-refractivity contribution in [2.45, 2.75) is 0 Å². The smallest absolute Gasteiger partial charge is 0.0623 e. The van der Waals surface area contributed by atoms with E-state index in [1.807, 2.05) is 18.2 Å². The Morgan fingerprint density at radius 1 is 0.295 bits per heavy atom. The van der Waals surface area contributed by atoms with Crippen molar-refractivity contribution in [2.24, 2.45) is 0 Å². The van der Waals surface area contributed by atoms with E-state index in [1.165, 1.54) is 54.6 Å². The van der Waals surface area contributed by atoms with Crippen LogP contribution in [0.5, 0.6) is 0 Å². The second-order valence-electron chi connectivity index (χ2n) is 11.1. The molecule has 2 heteroatoms. The van der Waals surface area contributed by atoms with Crippen LogP contribution in [0, 0.1) is 0 Å². The van der Waals surface area contributed by atoms with Gasteiger partial charge in [-0.15, -0.1) is 0 Å². The van der Waals surface area contributed by atoms with E-state index in [0.29, 0.717) is 0 Å². The van der Waals surface area contributed by atoms with E-state index in [9.17, 15) is 0 Å². The molecule has 0 aliphatic rings. The summed E-state index contributed by atoms with van der Waals surface area (Å²) in [5, 5.41) is 14.7.